The second kappa shape index (κ2) is 12.6. The number of nitrogens with two attached hydrogens (primary N) is 1. The summed E-state index contributed by atoms with van der Waals surface area (Å²) >= 11 is 0. The molecule has 1 aromatic carbocycles. The van der Waals surface area contributed by atoms with E-state index in [0.29, 0.717) is 6.54 Å². The van der Waals surface area contributed by atoms with Gasteiger partial charge < -0.3 is 26.0 Å². The largest absolute Gasteiger partial charge is 0.444 e. The molecule has 194 valence electrons. The molecular formula is C26H40N4O5. The van der Waals surface area contributed by atoms with Gasteiger partial charge in [0.2, 0.25) is 17.7 Å². The van der Waals surface area contributed by atoms with E-state index in [1.807, 2.05) is 38.1 Å². The fraction of sp³-hybridized carbons (Fsp3) is 0.615. The Morgan fingerprint density at radius 2 is 1.83 bits per heavy atom. The van der Waals surface area contributed by atoms with Gasteiger partial charge in [-0.15, -0.1) is 0 Å². The van der Waals surface area contributed by atoms with E-state index >= 15 is 0 Å². The minimum atomic E-state index is -1.06. The lowest BCUT2D eigenvalue weighted by Crippen LogP contribution is -2.54. The average Bonchev–Trinajstić information content (AvgIpc) is 3.59. The Bertz CT molecular complexity index is 907. The number of nitrogens with zero attached hydrogens (tertiary/aromatic N) is 1. The predicted octanol–water partition coefficient (Wildman–Crippen LogP) is 3.10. The van der Waals surface area contributed by atoms with Gasteiger partial charge in [0, 0.05) is 19.0 Å². The van der Waals surface area contributed by atoms with Crippen LogP contribution in [0.5, 0.6) is 0 Å². The number of amides is 4. The van der Waals surface area contributed by atoms with Crippen molar-refractivity contribution in [3.05, 3.63) is 35.4 Å². The summed E-state index contributed by atoms with van der Waals surface area (Å²) in [5.41, 5.74) is 6.19. The quantitative estimate of drug-likeness (QED) is 0.389. The van der Waals surface area contributed by atoms with E-state index in [9.17, 15) is 19.2 Å². The minimum Gasteiger partial charge on any atom is -0.444 e. The summed E-state index contributed by atoms with van der Waals surface area (Å²) in [6, 6.07) is 5.42. The number of carbonyl (C=O) groups is 4. The van der Waals surface area contributed by atoms with Crippen LogP contribution in [0.1, 0.15) is 83.4 Å². The summed E-state index contributed by atoms with van der Waals surface area (Å²) in [5.74, 6) is -1.28. The third-order valence-corrected chi connectivity index (χ3v) is 5.70. The molecule has 2 unspecified atom stereocenters. The third-order valence-electron chi connectivity index (χ3n) is 5.70. The number of unbranched alkanes of at least 4 members (excludes halogenated alkanes) is 1. The topological polar surface area (TPSA) is 131 Å². The first-order valence-electron chi connectivity index (χ1n) is 12.4. The number of hydrogen-bond donors (Lipinski definition) is 3. The van der Waals surface area contributed by atoms with E-state index < -0.39 is 35.6 Å². The molecule has 4 N–H and O–H groups in total. The second-order valence-electron chi connectivity index (χ2n) is 10.1. The van der Waals surface area contributed by atoms with Crippen molar-refractivity contribution in [2.45, 2.75) is 96.9 Å². The average molecular weight is 489 g/mol. The van der Waals surface area contributed by atoms with Crippen LogP contribution in [0.15, 0.2) is 24.3 Å². The molecule has 0 bridgehead atoms. The molecule has 0 radical (unpaired) electrons. The van der Waals surface area contributed by atoms with E-state index in [2.05, 4.69) is 10.6 Å². The van der Waals surface area contributed by atoms with Gasteiger partial charge in [0.25, 0.3) is 0 Å². The molecule has 0 saturated heterocycles. The molecule has 1 aliphatic rings. The molecule has 0 spiro atoms. The zero-order valence-corrected chi connectivity index (χ0v) is 21.6. The lowest BCUT2D eigenvalue weighted by molar-refractivity contribution is -0.143. The number of aryl methyl sites for hydroxylation is 1. The predicted molar refractivity (Wildman–Crippen MR) is 133 cm³/mol. The fourth-order valence-corrected chi connectivity index (χ4v) is 3.84. The highest BCUT2D eigenvalue weighted by Gasteiger charge is 2.44. The highest BCUT2D eigenvalue weighted by molar-refractivity contribution is 5.93. The number of nitrogens with one attached hydrogen (secondary N) is 2. The van der Waals surface area contributed by atoms with Crippen LogP contribution in [-0.4, -0.2) is 52.9 Å². The van der Waals surface area contributed by atoms with Crippen molar-refractivity contribution in [1.29, 1.82) is 0 Å². The molecule has 4 amide bonds. The first-order chi connectivity index (χ1) is 16.4. The van der Waals surface area contributed by atoms with Gasteiger partial charge in [-0.3, -0.25) is 14.4 Å². The summed E-state index contributed by atoms with van der Waals surface area (Å²) in [4.78, 5) is 53.0. The maximum atomic E-state index is 13.9. The maximum absolute atomic E-state index is 13.9. The van der Waals surface area contributed by atoms with Crippen LogP contribution >= 0.6 is 0 Å². The minimum absolute atomic E-state index is 0.00851. The maximum Gasteiger partial charge on any atom is 0.408 e. The number of rotatable bonds is 12. The first-order valence-corrected chi connectivity index (χ1v) is 12.4. The fourth-order valence-electron chi connectivity index (χ4n) is 3.84. The molecule has 0 aromatic heterocycles. The van der Waals surface area contributed by atoms with Crippen LogP contribution in [0.4, 0.5) is 4.79 Å². The first kappa shape index (κ1) is 28.1. The molecule has 1 aromatic rings. The monoisotopic (exact) mass is 488 g/mol. The third kappa shape index (κ3) is 8.88. The van der Waals surface area contributed by atoms with Crippen molar-refractivity contribution in [2.24, 2.45) is 5.73 Å². The van der Waals surface area contributed by atoms with Gasteiger partial charge in [0.05, 0.1) is 0 Å². The van der Waals surface area contributed by atoms with Gasteiger partial charge in [-0.1, -0.05) is 37.6 Å². The molecule has 0 aliphatic heterocycles. The Balaban J connectivity index is 2.42. The Hall–Kier alpha value is -3.10. The summed E-state index contributed by atoms with van der Waals surface area (Å²) in [6.45, 7) is 9.61. The van der Waals surface area contributed by atoms with E-state index in [1.165, 1.54) is 0 Å². The molecule has 9 heteroatoms. The van der Waals surface area contributed by atoms with Crippen LogP contribution in [0.25, 0.3) is 0 Å². The van der Waals surface area contributed by atoms with E-state index in [4.69, 9.17) is 10.5 Å². The molecule has 2 rings (SSSR count). The van der Waals surface area contributed by atoms with Crippen LogP contribution in [0.2, 0.25) is 0 Å². The summed E-state index contributed by atoms with van der Waals surface area (Å²) < 4.78 is 5.34. The normalized spacial score (nSPS) is 15.0. The molecule has 1 aliphatic carbocycles. The van der Waals surface area contributed by atoms with Gasteiger partial charge in [0.15, 0.2) is 0 Å². The number of primary amides is 1. The van der Waals surface area contributed by atoms with E-state index in [-0.39, 0.29) is 24.8 Å². The Morgan fingerprint density at radius 1 is 1.17 bits per heavy atom. The van der Waals surface area contributed by atoms with Gasteiger partial charge in [-0.2, -0.15) is 0 Å². The van der Waals surface area contributed by atoms with Gasteiger partial charge in [-0.05, 0) is 64.5 Å². The van der Waals surface area contributed by atoms with Crippen molar-refractivity contribution in [3.8, 4) is 0 Å². The van der Waals surface area contributed by atoms with Crippen molar-refractivity contribution < 1.29 is 23.9 Å². The van der Waals surface area contributed by atoms with Gasteiger partial charge in [-0.25, -0.2) is 4.79 Å². The number of hydrogen-bond acceptors (Lipinski definition) is 5. The molecule has 35 heavy (non-hydrogen) atoms. The van der Waals surface area contributed by atoms with Crippen LogP contribution in [0.3, 0.4) is 0 Å². The lowest BCUT2D eigenvalue weighted by atomic mass is 9.97. The SMILES string of the molecule is CCCCNC(=O)C(c1ccccc1C)N(C(=O)C(CCC(N)=O)NC(=O)OC(C)(C)C)C1CC1. The van der Waals surface area contributed by atoms with E-state index in [1.54, 1.807) is 25.7 Å². The molecule has 9 nitrogen and oxygen atoms in total. The molecule has 1 saturated carbocycles. The number of alkyl carbamates (subject to hydrolysis) is 1. The van der Waals surface area contributed by atoms with Crippen LogP contribution in [0, 0.1) is 6.92 Å². The Labute approximate surface area is 208 Å². The number of benzene rings is 1. The zero-order chi connectivity index (χ0) is 26.2. The highest BCUT2D eigenvalue weighted by Crippen LogP contribution is 2.36. The molecule has 0 heterocycles. The highest BCUT2D eigenvalue weighted by atomic mass is 16.6. The summed E-state index contributed by atoms with van der Waals surface area (Å²) in [7, 11) is 0. The van der Waals surface area contributed by atoms with Crippen molar-refractivity contribution in [3.63, 3.8) is 0 Å². The van der Waals surface area contributed by atoms with Gasteiger partial charge in [0.1, 0.15) is 17.7 Å². The number of carbonyl (C=O) groups excluding carboxylic acids is 4. The van der Waals surface area contributed by atoms with Crippen LogP contribution in [-0.2, 0) is 19.1 Å². The standard InChI is InChI=1S/C26H40N4O5/c1-6-7-16-28-23(32)22(19-11-9-8-10-17(19)2)30(18-12-13-18)24(33)20(14-15-21(27)31)29-25(34)35-26(3,4)5/h8-11,18,20,22H,6-7,12-16H2,1-5H3,(H2,27,31)(H,28,32)(H,29,34). The van der Waals surface area contributed by atoms with Gasteiger partial charge >= 0.3 is 6.09 Å². The van der Waals surface area contributed by atoms with E-state index in [0.717, 1.165) is 36.8 Å². The summed E-state index contributed by atoms with van der Waals surface area (Å²) in [6.07, 6.45) is 2.41. The Kier molecular flexibility index (Phi) is 10.1. The van der Waals surface area contributed by atoms with Crippen molar-refractivity contribution in [1.82, 2.24) is 15.5 Å². The Morgan fingerprint density at radius 3 is 2.37 bits per heavy atom. The molecular weight excluding hydrogens is 448 g/mol. The number of ether oxygens (including phenoxy) is 1. The smallest absolute Gasteiger partial charge is 0.408 e. The second-order valence-corrected chi connectivity index (χ2v) is 10.1. The molecule has 2 atom stereocenters. The van der Waals surface area contributed by atoms with Crippen molar-refractivity contribution in [2.75, 3.05) is 6.54 Å². The zero-order valence-electron chi connectivity index (χ0n) is 21.6. The van der Waals surface area contributed by atoms with Crippen molar-refractivity contribution >= 4 is 23.8 Å². The molecule has 1 fully saturated rings. The lowest BCUT2D eigenvalue weighted by Gasteiger charge is -2.35. The van der Waals surface area contributed by atoms with Crippen LogP contribution < -0.4 is 16.4 Å². The summed E-state index contributed by atoms with van der Waals surface area (Å²) in [5, 5.41) is 5.58.